The Hall–Kier alpha value is -3.37. The van der Waals surface area contributed by atoms with Crippen molar-refractivity contribution in [3.8, 4) is 11.8 Å². The number of carbonyl (C=O) groups is 1. The summed E-state index contributed by atoms with van der Waals surface area (Å²) >= 11 is 0. The van der Waals surface area contributed by atoms with Gasteiger partial charge < -0.3 is 5.11 Å². The normalized spacial score (nSPS) is 23.0. The standard InChI is InChI=1S/C25H25FN4O2/c1-17-21(15-29-30(17)20-6-4-19(26)5-7-20)22(31)13-18-3-8-23(28-14-18)25(16-27)11-9-24(2,32)10-12-25/h3-8,14-15,32H,9-13H2,1-2H3. The highest BCUT2D eigenvalue weighted by molar-refractivity contribution is 5.98. The van der Waals surface area contributed by atoms with Crippen molar-refractivity contribution in [2.45, 2.75) is 57.0 Å². The van der Waals surface area contributed by atoms with E-state index in [1.165, 1.54) is 18.3 Å². The third kappa shape index (κ3) is 4.19. The van der Waals surface area contributed by atoms with Gasteiger partial charge in [0, 0.05) is 12.6 Å². The first kappa shape index (κ1) is 21.8. The first-order valence-electron chi connectivity index (χ1n) is 10.7. The Labute approximate surface area is 186 Å². The number of pyridine rings is 1. The molecule has 32 heavy (non-hydrogen) atoms. The van der Waals surface area contributed by atoms with Crippen molar-refractivity contribution in [2.75, 3.05) is 0 Å². The summed E-state index contributed by atoms with van der Waals surface area (Å²) in [6, 6.07) is 12.0. The van der Waals surface area contributed by atoms with Gasteiger partial charge >= 0.3 is 0 Å². The molecule has 3 aromatic rings. The highest BCUT2D eigenvalue weighted by Crippen LogP contribution is 2.42. The van der Waals surface area contributed by atoms with E-state index in [1.54, 1.807) is 36.9 Å². The molecule has 0 spiro atoms. The molecule has 1 aliphatic rings. The lowest BCUT2D eigenvalue weighted by atomic mass is 9.68. The zero-order valence-corrected chi connectivity index (χ0v) is 18.2. The maximum Gasteiger partial charge on any atom is 0.170 e. The number of nitriles is 1. The minimum Gasteiger partial charge on any atom is -0.390 e. The summed E-state index contributed by atoms with van der Waals surface area (Å²) in [6.07, 6.45) is 5.57. The Balaban J connectivity index is 1.49. The predicted molar refractivity (Wildman–Crippen MR) is 117 cm³/mol. The largest absolute Gasteiger partial charge is 0.390 e. The predicted octanol–water partition coefficient (Wildman–Crippen LogP) is 4.23. The molecule has 6 nitrogen and oxygen atoms in total. The van der Waals surface area contributed by atoms with Gasteiger partial charge in [-0.15, -0.1) is 0 Å². The average Bonchev–Trinajstić information content (AvgIpc) is 3.17. The van der Waals surface area contributed by atoms with Crippen LogP contribution in [0.2, 0.25) is 0 Å². The third-order valence-corrected chi connectivity index (χ3v) is 6.46. The number of rotatable bonds is 5. The molecule has 1 N–H and O–H groups in total. The first-order chi connectivity index (χ1) is 15.2. The second-order valence-electron chi connectivity index (χ2n) is 8.87. The number of halogens is 1. The Morgan fingerprint density at radius 3 is 2.44 bits per heavy atom. The molecule has 2 heterocycles. The van der Waals surface area contributed by atoms with Crippen molar-refractivity contribution in [3.63, 3.8) is 0 Å². The van der Waals surface area contributed by atoms with Crippen LogP contribution in [0.15, 0.2) is 48.8 Å². The molecule has 0 radical (unpaired) electrons. The summed E-state index contributed by atoms with van der Waals surface area (Å²) in [4.78, 5) is 17.4. The van der Waals surface area contributed by atoms with Crippen LogP contribution in [0.25, 0.3) is 5.69 Å². The quantitative estimate of drug-likeness (QED) is 0.609. The smallest absolute Gasteiger partial charge is 0.170 e. The molecule has 1 aliphatic carbocycles. The van der Waals surface area contributed by atoms with Gasteiger partial charge in [-0.3, -0.25) is 9.78 Å². The molecule has 1 saturated carbocycles. The lowest BCUT2D eigenvalue weighted by Crippen LogP contribution is -2.39. The number of ketones is 1. The minimum atomic E-state index is -0.733. The van der Waals surface area contributed by atoms with Crippen LogP contribution in [0.5, 0.6) is 0 Å². The van der Waals surface area contributed by atoms with E-state index in [0.717, 1.165) is 5.56 Å². The van der Waals surface area contributed by atoms with Crippen molar-refractivity contribution in [1.82, 2.24) is 14.8 Å². The van der Waals surface area contributed by atoms with Crippen LogP contribution in [0.3, 0.4) is 0 Å². The molecular formula is C25H25FN4O2. The number of hydrogen-bond donors (Lipinski definition) is 1. The van der Waals surface area contributed by atoms with Crippen molar-refractivity contribution in [3.05, 3.63) is 77.1 Å². The maximum atomic E-state index is 13.2. The van der Waals surface area contributed by atoms with Crippen molar-refractivity contribution < 1.29 is 14.3 Å². The summed E-state index contributed by atoms with van der Waals surface area (Å²) in [5.74, 6) is -0.420. The summed E-state index contributed by atoms with van der Waals surface area (Å²) in [5, 5.41) is 24.3. The van der Waals surface area contributed by atoms with E-state index >= 15 is 0 Å². The molecule has 1 aromatic carbocycles. The van der Waals surface area contributed by atoms with E-state index in [9.17, 15) is 19.6 Å². The minimum absolute atomic E-state index is 0.0888. The zero-order chi connectivity index (χ0) is 22.9. The van der Waals surface area contributed by atoms with E-state index < -0.39 is 11.0 Å². The molecule has 4 rings (SSSR count). The molecule has 0 amide bonds. The summed E-state index contributed by atoms with van der Waals surface area (Å²) in [7, 11) is 0. The Morgan fingerprint density at radius 1 is 1.16 bits per heavy atom. The van der Waals surface area contributed by atoms with E-state index in [2.05, 4.69) is 16.2 Å². The molecule has 0 unspecified atom stereocenters. The van der Waals surface area contributed by atoms with E-state index in [1.807, 2.05) is 12.1 Å². The van der Waals surface area contributed by atoms with Crippen LogP contribution in [0.1, 0.15) is 59.9 Å². The second kappa shape index (κ2) is 8.29. The van der Waals surface area contributed by atoms with Gasteiger partial charge in [0.2, 0.25) is 0 Å². The van der Waals surface area contributed by atoms with E-state index in [4.69, 9.17) is 0 Å². The topological polar surface area (TPSA) is 91.8 Å². The second-order valence-corrected chi connectivity index (χ2v) is 8.87. The monoisotopic (exact) mass is 432 g/mol. The van der Waals surface area contributed by atoms with Gasteiger partial charge in [-0.1, -0.05) is 6.07 Å². The maximum absolute atomic E-state index is 13.2. The molecular weight excluding hydrogens is 407 g/mol. The van der Waals surface area contributed by atoms with Gasteiger partial charge in [0.05, 0.1) is 45.9 Å². The van der Waals surface area contributed by atoms with Crippen LogP contribution in [-0.4, -0.2) is 31.3 Å². The number of nitrogens with zero attached hydrogens (tertiary/aromatic N) is 4. The van der Waals surface area contributed by atoms with Crippen LogP contribution >= 0.6 is 0 Å². The molecule has 7 heteroatoms. The Kier molecular flexibility index (Phi) is 5.66. The number of hydrogen-bond acceptors (Lipinski definition) is 5. The van der Waals surface area contributed by atoms with Crippen molar-refractivity contribution >= 4 is 5.78 Å². The van der Waals surface area contributed by atoms with E-state index in [0.29, 0.717) is 48.3 Å². The fourth-order valence-corrected chi connectivity index (χ4v) is 4.26. The van der Waals surface area contributed by atoms with Crippen LogP contribution in [0, 0.1) is 24.1 Å². The van der Waals surface area contributed by atoms with Gasteiger partial charge in [0.1, 0.15) is 5.82 Å². The number of carbonyl (C=O) groups excluding carboxylic acids is 1. The summed E-state index contributed by atoms with van der Waals surface area (Å²) < 4.78 is 14.8. The zero-order valence-electron chi connectivity index (χ0n) is 18.2. The van der Waals surface area contributed by atoms with Gasteiger partial charge in [-0.2, -0.15) is 10.4 Å². The molecule has 164 valence electrons. The lowest BCUT2D eigenvalue weighted by Gasteiger charge is -2.37. The molecule has 2 aromatic heterocycles. The number of benzene rings is 1. The molecule has 0 saturated heterocycles. The van der Waals surface area contributed by atoms with Gasteiger partial charge in [-0.25, -0.2) is 9.07 Å². The molecule has 1 fully saturated rings. The SMILES string of the molecule is Cc1c(C(=O)Cc2ccc(C3(C#N)CCC(C)(O)CC3)nc2)cnn1-c1ccc(F)cc1. The van der Waals surface area contributed by atoms with Crippen LogP contribution in [-0.2, 0) is 11.8 Å². The Morgan fingerprint density at radius 2 is 1.84 bits per heavy atom. The first-order valence-corrected chi connectivity index (χ1v) is 10.7. The van der Waals surface area contributed by atoms with Crippen LogP contribution in [0.4, 0.5) is 4.39 Å². The van der Waals surface area contributed by atoms with Crippen LogP contribution < -0.4 is 0 Å². The van der Waals surface area contributed by atoms with Crippen molar-refractivity contribution in [1.29, 1.82) is 5.26 Å². The number of Topliss-reactive ketones (excluding diaryl/α,β-unsaturated/α-hetero) is 1. The molecule has 0 atom stereocenters. The highest BCUT2D eigenvalue weighted by Gasteiger charge is 2.42. The number of aromatic nitrogens is 3. The van der Waals surface area contributed by atoms with E-state index in [-0.39, 0.29) is 18.0 Å². The Bertz CT molecular complexity index is 1160. The third-order valence-electron chi connectivity index (χ3n) is 6.46. The highest BCUT2D eigenvalue weighted by atomic mass is 19.1. The lowest BCUT2D eigenvalue weighted by molar-refractivity contribution is 0.00801. The van der Waals surface area contributed by atoms with Gasteiger partial charge in [0.15, 0.2) is 5.78 Å². The number of aliphatic hydroxyl groups is 1. The molecule has 0 bridgehead atoms. The van der Waals surface area contributed by atoms with Gasteiger partial charge in [0.25, 0.3) is 0 Å². The fraction of sp³-hybridized carbons (Fsp3) is 0.360. The summed E-state index contributed by atoms with van der Waals surface area (Å²) in [5.41, 5.74) is 1.88. The van der Waals surface area contributed by atoms with Crippen molar-refractivity contribution in [2.24, 2.45) is 0 Å². The summed E-state index contributed by atoms with van der Waals surface area (Å²) in [6.45, 7) is 3.61. The average molecular weight is 432 g/mol. The molecule has 0 aliphatic heterocycles. The fourth-order valence-electron chi connectivity index (χ4n) is 4.26. The van der Waals surface area contributed by atoms with Gasteiger partial charge in [-0.05, 0) is 75.4 Å².